The Hall–Kier alpha value is -3.97. The molecule has 4 aromatic rings. The molecule has 0 bridgehead atoms. The highest BCUT2D eigenvalue weighted by Crippen LogP contribution is 2.48. The molecule has 0 aliphatic heterocycles. The number of carbonyl (C=O) groups is 2. The van der Waals surface area contributed by atoms with E-state index in [1.54, 1.807) is 5.51 Å². The number of carboxylic acid groups (broad SMARTS) is 1. The summed E-state index contributed by atoms with van der Waals surface area (Å²) in [6, 6.07) is 25.2. The highest BCUT2D eigenvalue weighted by atomic mass is 32.1. The lowest BCUT2D eigenvalue weighted by Gasteiger charge is -2.14. The quantitative estimate of drug-likeness (QED) is 0.298. The number of aromatic nitrogens is 1. The van der Waals surface area contributed by atoms with Crippen LogP contribution in [-0.4, -0.2) is 22.2 Å². The maximum atomic E-state index is 12.5. The molecule has 5 rings (SSSR count). The molecule has 0 unspecified atom stereocenters. The Morgan fingerprint density at radius 1 is 0.943 bits per heavy atom. The van der Waals surface area contributed by atoms with Gasteiger partial charge < -0.3 is 9.84 Å². The van der Waals surface area contributed by atoms with Gasteiger partial charge in [-0.25, -0.2) is 9.78 Å². The van der Waals surface area contributed by atoms with Crippen molar-refractivity contribution >= 4 is 28.4 Å². The summed E-state index contributed by atoms with van der Waals surface area (Å²) < 4.78 is 5.52. The van der Waals surface area contributed by atoms with Crippen molar-refractivity contribution in [2.75, 3.05) is 5.32 Å². The normalized spacial score (nSPS) is 14.7. The van der Waals surface area contributed by atoms with Gasteiger partial charge in [-0.1, -0.05) is 78.9 Å². The maximum Gasteiger partial charge on any atom is 0.412 e. The molecule has 1 atom stereocenters. The third-order valence-corrected chi connectivity index (χ3v) is 7.17. The van der Waals surface area contributed by atoms with Gasteiger partial charge in [0, 0.05) is 5.56 Å². The lowest BCUT2D eigenvalue weighted by Crippen LogP contribution is -2.19. The van der Waals surface area contributed by atoms with Crippen LogP contribution in [0.4, 0.5) is 9.80 Å². The number of nitrogens with zero attached hydrogens (tertiary/aromatic N) is 1. The Bertz CT molecular complexity index is 1340. The number of thiazole rings is 1. The molecule has 0 saturated heterocycles. The smallest absolute Gasteiger partial charge is 0.412 e. The lowest BCUT2D eigenvalue weighted by molar-refractivity contribution is -0.140. The predicted octanol–water partition coefficient (Wildman–Crippen LogP) is 6.90. The molecule has 1 aliphatic rings. The molecule has 7 heteroatoms. The van der Waals surface area contributed by atoms with Crippen LogP contribution < -0.4 is 5.32 Å². The fourth-order valence-electron chi connectivity index (χ4n) is 4.17. The van der Waals surface area contributed by atoms with Gasteiger partial charge in [0.1, 0.15) is 16.8 Å². The zero-order chi connectivity index (χ0) is 24.4. The molecule has 35 heavy (non-hydrogen) atoms. The predicted molar refractivity (Wildman–Crippen MR) is 136 cm³/mol. The summed E-state index contributed by atoms with van der Waals surface area (Å²) in [5.41, 5.74) is 6.35. The minimum atomic E-state index is -0.749. The summed E-state index contributed by atoms with van der Waals surface area (Å²) in [4.78, 5) is 28.5. The number of amides is 1. The molecule has 0 radical (unpaired) electrons. The van der Waals surface area contributed by atoms with E-state index < -0.39 is 17.5 Å². The standard InChI is InChI=1S/C28H24N2O4S/c1-18(19-5-3-2-4-6-19)34-27(33)30-25-24(29-17-35-25)22-9-7-20(8-10-22)21-11-13-23(14-12-21)28(15-16-28)26(31)32/h2-14,17-18H,15-16H2,1H3,(H,30,33)(H,31,32)/t18-/m1/s1. The number of carboxylic acids is 1. The van der Waals surface area contributed by atoms with Gasteiger partial charge in [-0.05, 0) is 42.0 Å². The molecule has 1 amide bonds. The molecule has 2 N–H and O–H groups in total. The molecule has 0 spiro atoms. The minimum Gasteiger partial charge on any atom is -0.481 e. The van der Waals surface area contributed by atoms with Gasteiger partial charge in [0.15, 0.2) is 0 Å². The molecule has 1 heterocycles. The highest BCUT2D eigenvalue weighted by Gasteiger charge is 2.51. The van der Waals surface area contributed by atoms with Gasteiger partial charge in [0.05, 0.1) is 10.9 Å². The molecule has 1 saturated carbocycles. The van der Waals surface area contributed by atoms with Crippen molar-refractivity contribution < 1.29 is 19.4 Å². The monoisotopic (exact) mass is 484 g/mol. The van der Waals surface area contributed by atoms with E-state index in [0.717, 1.165) is 27.8 Å². The van der Waals surface area contributed by atoms with Gasteiger partial charge in [0.2, 0.25) is 0 Å². The Morgan fingerprint density at radius 2 is 1.54 bits per heavy atom. The fraction of sp³-hybridized carbons (Fsp3) is 0.179. The molecule has 6 nitrogen and oxygen atoms in total. The number of nitrogens with one attached hydrogen (secondary N) is 1. The van der Waals surface area contributed by atoms with Crippen molar-refractivity contribution in [3.05, 3.63) is 95.5 Å². The van der Waals surface area contributed by atoms with Gasteiger partial charge in [0.25, 0.3) is 0 Å². The van der Waals surface area contributed by atoms with Crippen molar-refractivity contribution in [3.63, 3.8) is 0 Å². The molecule has 3 aromatic carbocycles. The number of carbonyl (C=O) groups excluding carboxylic acids is 1. The number of anilines is 1. The van der Waals surface area contributed by atoms with Crippen LogP contribution in [0.5, 0.6) is 0 Å². The maximum absolute atomic E-state index is 12.5. The average Bonchev–Trinajstić information content (AvgIpc) is 3.58. The zero-order valence-electron chi connectivity index (χ0n) is 19.1. The number of hydrogen-bond donors (Lipinski definition) is 2. The topological polar surface area (TPSA) is 88.5 Å². The number of rotatable bonds is 7. The molecular formula is C28H24N2O4S. The van der Waals surface area contributed by atoms with E-state index in [9.17, 15) is 14.7 Å². The molecule has 1 aliphatic carbocycles. The van der Waals surface area contributed by atoms with E-state index in [1.807, 2.05) is 85.8 Å². The minimum absolute atomic E-state index is 0.372. The SMILES string of the molecule is C[C@@H](OC(=O)Nc1scnc1-c1ccc(-c2ccc(C3(C(=O)O)CC3)cc2)cc1)c1ccccc1. The van der Waals surface area contributed by atoms with E-state index in [4.69, 9.17) is 4.74 Å². The summed E-state index contributed by atoms with van der Waals surface area (Å²) in [6.45, 7) is 1.83. The van der Waals surface area contributed by atoms with Crippen LogP contribution in [0, 0.1) is 0 Å². The van der Waals surface area contributed by atoms with Crippen LogP contribution in [-0.2, 0) is 14.9 Å². The number of benzene rings is 3. The summed E-state index contributed by atoms with van der Waals surface area (Å²) in [5, 5.41) is 12.9. The fourth-order valence-corrected chi connectivity index (χ4v) is 4.86. The van der Waals surface area contributed by atoms with Crippen molar-refractivity contribution in [2.45, 2.75) is 31.3 Å². The number of hydrogen-bond acceptors (Lipinski definition) is 5. The number of aliphatic carboxylic acids is 1. The van der Waals surface area contributed by atoms with E-state index >= 15 is 0 Å². The summed E-state index contributed by atoms with van der Waals surface area (Å²) in [6.07, 6.45) is 0.486. The van der Waals surface area contributed by atoms with Gasteiger partial charge in [-0.3, -0.25) is 10.1 Å². The molecular weight excluding hydrogens is 460 g/mol. The van der Waals surface area contributed by atoms with Gasteiger partial charge >= 0.3 is 12.1 Å². The molecule has 1 fully saturated rings. The van der Waals surface area contributed by atoms with E-state index in [0.29, 0.717) is 23.5 Å². The zero-order valence-corrected chi connectivity index (χ0v) is 19.9. The van der Waals surface area contributed by atoms with Crippen molar-refractivity contribution in [3.8, 4) is 22.4 Å². The second-order valence-corrected chi connectivity index (χ2v) is 9.51. The molecule has 176 valence electrons. The van der Waals surface area contributed by atoms with E-state index in [2.05, 4.69) is 10.3 Å². The van der Waals surface area contributed by atoms with Crippen molar-refractivity contribution in [2.24, 2.45) is 0 Å². The first-order valence-corrected chi connectivity index (χ1v) is 12.2. The van der Waals surface area contributed by atoms with E-state index in [1.165, 1.54) is 11.3 Å². The Kier molecular flexibility index (Phi) is 6.09. The van der Waals surface area contributed by atoms with Crippen LogP contribution in [0.3, 0.4) is 0 Å². The van der Waals surface area contributed by atoms with Crippen molar-refractivity contribution in [1.29, 1.82) is 0 Å². The van der Waals surface area contributed by atoms with Gasteiger partial charge in [-0.15, -0.1) is 11.3 Å². The van der Waals surface area contributed by atoms with E-state index in [-0.39, 0.29) is 6.10 Å². The molecule has 1 aromatic heterocycles. The summed E-state index contributed by atoms with van der Waals surface area (Å²) in [5.74, 6) is -0.749. The largest absolute Gasteiger partial charge is 0.481 e. The third-order valence-electron chi connectivity index (χ3n) is 6.42. The summed E-state index contributed by atoms with van der Waals surface area (Å²) in [7, 11) is 0. The lowest BCUT2D eigenvalue weighted by atomic mass is 9.93. The van der Waals surface area contributed by atoms with Crippen LogP contribution in [0.15, 0.2) is 84.4 Å². The Morgan fingerprint density at radius 3 is 2.14 bits per heavy atom. The average molecular weight is 485 g/mol. The second kappa shape index (κ2) is 9.35. The summed E-state index contributed by atoms with van der Waals surface area (Å²) >= 11 is 1.34. The Balaban J connectivity index is 1.27. The third kappa shape index (κ3) is 4.68. The van der Waals surface area contributed by atoms with Crippen LogP contribution >= 0.6 is 11.3 Å². The first kappa shape index (κ1) is 22.8. The van der Waals surface area contributed by atoms with Crippen LogP contribution in [0.2, 0.25) is 0 Å². The van der Waals surface area contributed by atoms with Crippen molar-refractivity contribution in [1.82, 2.24) is 4.98 Å². The number of ether oxygens (including phenoxy) is 1. The van der Waals surface area contributed by atoms with Crippen LogP contribution in [0.1, 0.15) is 37.0 Å². The highest BCUT2D eigenvalue weighted by molar-refractivity contribution is 7.14. The van der Waals surface area contributed by atoms with Crippen LogP contribution in [0.25, 0.3) is 22.4 Å². The Labute approximate surface area is 207 Å². The van der Waals surface area contributed by atoms with Gasteiger partial charge in [-0.2, -0.15) is 0 Å². The second-order valence-electron chi connectivity index (χ2n) is 8.66. The first-order chi connectivity index (χ1) is 17.0. The first-order valence-electron chi connectivity index (χ1n) is 11.4.